The predicted molar refractivity (Wildman–Crippen MR) is 83.2 cm³/mol. The molecular weight excluding hydrogens is 272 g/mol. The van der Waals surface area contributed by atoms with Crippen LogP contribution in [0.3, 0.4) is 0 Å². The second kappa shape index (κ2) is 7.20. The van der Waals surface area contributed by atoms with Crippen molar-refractivity contribution in [2.24, 2.45) is 5.92 Å². The first-order chi connectivity index (χ1) is 9.27. The van der Waals surface area contributed by atoms with Crippen LogP contribution in [0.2, 0.25) is 0 Å². The summed E-state index contributed by atoms with van der Waals surface area (Å²) in [4.78, 5) is 0.375. The monoisotopic (exact) mass is 298 g/mol. The van der Waals surface area contributed by atoms with E-state index in [9.17, 15) is 8.42 Å². The highest BCUT2D eigenvalue weighted by Gasteiger charge is 2.21. The molecule has 0 bridgehead atoms. The van der Waals surface area contributed by atoms with E-state index in [-0.39, 0.29) is 12.0 Å². The Morgan fingerprint density at radius 3 is 2.40 bits per heavy atom. The number of sulfonamides is 1. The van der Waals surface area contributed by atoms with Crippen molar-refractivity contribution in [3.05, 3.63) is 29.3 Å². The lowest BCUT2D eigenvalue weighted by Crippen LogP contribution is -2.36. The average Bonchev–Trinajstić information content (AvgIpc) is 2.36. The van der Waals surface area contributed by atoms with E-state index in [1.54, 1.807) is 6.07 Å². The molecule has 0 radical (unpaired) electrons. The third-order valence-corrected chi connectivity index (χ3v) is 5.16. The molecule has 0 heterocycles. The van der Waals surface area contributed by atoms with Crippen molar-refractivity contribution < 1.29 is 8.42 Å². The molecule has 1 atom stereocenters. The van der Waals surface area contributed by atoms with Gasteiger partial charge in [-0.15, -0.1) is 0 Å². The maximum Gasteiger partial charge on any atom is 0.241 e. The molecule has 0 amide bonds. The average molecular weight is 298 g/mol. The van der Waals surface area contributed by atoms with Crippen LogP contribution >= 0.6 is 0 Å². The molecule has 114 valence electrons. The van der Waals surface area contributed by atoms with Crippen LogP contribution in [0.4, 0.5) is 0 Å². The van der Waals surface area contributed by atoms with Crippen molar-refractivity contribution in [3.63, 3.8) is 0 Å². The maximum absolute atomic E-state index is 12.5. The zero-order valence-corrected chi connectivity index (χ0v) is 13.8. The van der Waals surface area contributed by atoms with Gasteiger partial charge in [0.25, 0.3) is 0 Å². The van der Waals surface area contributed by atoms with E-state index in [1.807, 2.05) is 46.8 Å². The second-order valence-electron chi connectivity index (χ2n) is 5.53. The zero-order chi connectivity index (χ0) is 15.3. The highest BCUT2D eigenvalue weighted by Crippen LogP contribution is 2.18. The van der Waals surface area contributed by atoms with E-state index in [0.29, 0.717) is 11.4 Å². The minimum absolute atomic E-state index is 0.0863. The van der Waals surface area contributed by atoms with Gasteiger partial charge in [-0.2, -0.15) is 0 Å². The van der Waals surface area contributed by atoms with E-state index in [2.05, 4.69) is 10.0 Å². The van der Waals surface area contributed by atoms with Crippen molar-refractivity contribution in [2.45, 2.75) is 52.1 Å². The third-order valence-electron chi connectivity index (χ3n) is 3.46. The third kappa shape index (κ3) is 4.58. The summed E-state index contributed by atoms with van der Waals surface area (Å²) < 4.78 is 27.7. The number of nitrogens with one attached hydrogen (secondary N) is 2. The first kappa shape index (κ1) is 17.1. The Balaban J connectivity index is 3.04. The molecule has 1 aromatic carbocycles. The molecule has 1 unspecified atom stereocenters. The Morgan fingerprint density at radius 1 is 1.20 bits per heavy atom. The van der Waals surface area contributed by atoms with E-state index in [1.165, 1.54) is 0 Å². The topological polar surface area (TPSA) is 58.2 Å². The smallest absolute Gasteiger partial charge is 0.241 e. The number of hydrogen-bond donors (Lipinski definition) is 2. The van der Waals surface area contributed by atoms with Gasteiger partial charge in [-0.3, -0.25) is 0 Å². The fraction of sp³-hybridized carbons (Fsp3) is 0.600. The van der Waals surface area contributed by atoms with Crippen molar-refractivity contribution in [1.82, 2.24) is 10.0 Å². The molecule has 4 nitrogen and oxygen atoms in total. The summed E-state index contributed by atoms with van der Waals surface area (Å²) in [5, 5.41) is 3.21. The minimum Gasteiger partial charge on any atom is -0.313 e. The Bertz CT molecular complexity index is 539. The van der Waals surface area contributed by atoms with Crippen LogP contribution in [0, 0.1) is 12.8 Å². The molecule has 0 aliphatic rings. The second-order valence-corrected chi connectivity index (χ2v) is 7.22. The Kier molecular flexibility index (Phi) is 6.17. The molecule has 0 fully saturated rings. The first-order valence-corrected chi connectivity index (χ1v) is 8.58. The Hall–Kier alpha value is -0.910. The molecule has 5 heteroatoms. The quantitative estimate of drug-likeness (QED) is 0.813. The lowest BCUT2D eigenvalue weighted by atomic mass is 10.1. The SMILES string of the molecule is CCNCc1ccc(C)c(S(=O)(=O)NC(C)C(C)C)c1. The van der Waals surface area contributed by atoms with Crippen molar-refractivity contribution >= 4 is 10.0 Å². The fourth-order valence-corrected chi connectivity index (χ4v) is 3.44. The van der Waals surface area contributed by atoms with Gasteiger partial charge in [-0.1, -0.05) is 32.9 Å². The molecule has 0 spiro atoms. The van der Waals surface area contributed by atoms with Gasteiger partial charge in [0.1, 0.15) is 0 Å². The molecule has 1 rings (SSSR count). The van der Waals surface area contributed by atoms with Crippen molar-refractivity contribution in [2.75, 3.05) is 6.54 Å². The molecule has 0 aromatic heterocycles. The van der Waals surface area contributed by atoms with Gasteiger partial charge in [0.2, 0.25) is 10.0 Å². The Labute approximate surface area is 123 Å². The van der Waals surface area contributed by atoms with Gasteiger partial charge in [0, 0.05) is 12.6 Å². The lowest BCUT2D eigenvalue weighted by molar-refractivity contribution is 0.476. The summed E-state index contributed by atoms with van der Waals surface area (Å²) in [5.74, 6) is 0.259. The van der Waals surface area contributed by atoms with Crippen LogP contribution in [0.5, 0.6) is 0 Å². The highest BCUT2D eigenvalue weighted by atomic mass is 32.2. The molecular formula is C15H26N2O2S. The normalized spacial score (nSPS) is 13.7. The first-order valence-electron chi connectivity index (χ1n) is 7.10. The summed E-state index contributed by atoms with van der Waals surface area (Å²) in [6.45, 7) is 11.3. The van der Waals surface area contributed by atoms with Crippen molar-refractivity contribution in [1.29, 1.82) is 0 Å². The van der Waals surface area contributed by atoms with Crippen LogP contribution in [0.1, 0.15) is 38.8 Å². The maximum atomic E-state index is 12.5. The van der Waals surface area contributed by atoms with Crippen LogP contribution < -0.4 is 10.0 Å². The minimum atomic E-state index is -3.46. The molecule has 2 N–H and O–H groups in total. The molecule has 0 aliphatic carbocycles. The van der Waals surface area contributed by atoms with E-state index in [0.717, 1.165) is 17.7 Å². The fourth-order valence-electron chi connectivity index (χ4n) is 1.76. The predicted octanol–water partition coefficient (Wildman–Crippen LogP) is 2.43. The molecule has 0 saturated carbocycles. The Morgan fingerprint density at radius 2 is 1.85 bits per heavy atom. The highest BCUT2D eigenvalue weighted by molar-refractivity contribution is 7.89. The van der Waals surface area contributed by atoms with E-state index in [4.69, 9.17) is 0 Å². The summed E-state index contributed by atoms with van der Waals surface area (Å²) in [6, 6.07) is 5.49. The summed E-state index contributed by atoms with van der Waals surface area (Å²) in [6.07, 6.45) is 0. The molecule has 0 aliphatic heterocycles. The van der Waals surface area contributed by atoms with Gasteiger partial charge in [0.15, 0.2) is 0 Å². The van der Waals surface area contributed by atoms with Crippen molar-refractivity contribution in [3.8, 4) is 0 Å². The van der Waals surface area contributed by atoms with Gasteiger partial charge in [-0.05, 0) is 43.5 Å². The van der Waals surface area contributed by atoms with Gasteiger partial charge < -0.3 is 5.32 Å². The number of rotatable bonds is 7. The van der Waals surface area contributed by atoms with Gasteiger partial charge in [-0.25, -0.2) is 13.1 Å². The summed E-state index contributed by atoms with van der Waals surface area (Å²) >= 11 is 0. The molecule has 1 aromatic rings. The van der Waals surface area contributed by atoms with E-state index >= 15 is 0 Å². The number of benzene rings is 1. The largest absolute Gasteiger partial charge is 0.313 e. The number of hydrogen-bond acceptors (Lipinski definition) is 3. The van der Waals surface area contributed by atoms with Crippen LogP contribution in [0.15, 0.2) is 23.1 Å². The lowest BCUT2D eigenvalue weighted by Gasteiger charge is -2.19. The standard InChI is InChI=1S/C15H26N2O2S/c1-6-16-10-14-8-7-12(4)15(9-14)20(18,19)17-13(5)11(2)3/h7-9,11,13,16-17H,6,10H2,1-5H3. The zero-order valence-electron chi connectivity index (χ0n) is 13.0. The van der Waals surface area contributed by atoms with Crippen LogP contribution in [-0.4, -0.2) is 21.0 Å². The summed E-state index contributed by atoms with van der Waals surface area (Å²) in [7, 11) is -3.46. The van der Waals surface area contributed by atoms with Gasteiger partial charge >= 0.3 is 0 Å². The number of aryl methyl sites for hydroxylation is 1. The van der Waals surface area contributed by atoms with Gasteiger partial charge in [0.05, 0.1) is 4.90 Å². The molecule has 20 heavy (non-hydrogen) atoms. The van der Waals surface area contributed by atoms with E-state index < -0.39 is 10.0 Å². The van der Waals surface area contributed by atoms with Crippen LogP contribution in [0.25, 0.3) is 0 Å². The van der Waals surface area contributed by atoms with Crippen LogP contribution in [-0.2, 0) is 16.6 Å². The molecule has 0 saturated heterocycles. The summed E-state index contributed by atoms with van der Waals surface area (Å²) in [5.41, 5.74) is 1.75.